The molecule has 0 amide bonds. The molecule has 0 bridgehead atoms. The van der Waals surface area contributed by atoms with Crippen LogP contribution >= 0.6 is 11.3 Å². The number of piperidine rings is 1. The first-order chi connectivity index (χ1) is 10.1. The number of hydrogen-bond donors (Lipinski definition) is 1. The number of thiazole rings is 1. The normalized spacial score (nSPS) is 21.8. The molecule has 0 atom stereocenters. The Morgan fingerprint density at radius 2 is 2.00 bits per heavy atom. The first kappa shape index (κ1) is 15.3. The predicted molar refractivity (Wildman–Crippen MR) is 91.2 cm³/mol. The van der Waals surface area contributed by atoms with Crippen LogP contribution in [0.4, 0.5) is 5.13 Å². The molecular formula is C17H29N3S. The van der Waals surface area contributed by atoms with Crippen LogP contribution in [-0.2, 0) is 13.0 Å². The van der Waals surface area contributed by atoms with Gasteiger partial charge in [-0.1, -0.05) is 27.2 Å². The number of nitrogens with one attached hydrogen (secondary N) is 1. The van der Waals surface area contributed by atoms with Gasteiger partial charge in [-0.25, -0.2) is 4.98 Å². The molecule has 1 saturated carbocycles. The molecule has 3 rings (SSSR count). The van der Waals surface area contributed by atoms with Crippen molar-refractivity contribution in [2.75, 3.05) is 18.0 Å². The fraction of sp³-hybridized carbons (Fsp3) is 0.824. The number of nitrogens with zero attached hydrogens (tertiary/aromatic N) is 2. The fourth-order valence-electron chi connectivity index (χ4n) is 3.04. The molecule has 1 aromatic rings. The van der Waals surface area contributed by atoms with E-state index in [4.69, 9.17) is 4.98 Å². The van der Waals surface area contributed by atoms with Crippen molar-refractivity contribution in [2.45, 2.75) is 71.9 Å². The molecule has 4 heteroatoms. The Bertz CT molecular complexity index is 470. The van der Waals surface area contributed by atoms with E-state index < -0.39 is 0 Å². The van der Waals surface area contributed by atoms with E-state index in [1.807, 2.05) is 11.3 Å². The summed E-state index contributed by atoms with van der Waals surface area (Å²) >= 11 is 1.92. The van der Waals surface area contributed by atoms with Crippen LogP contribution in [0.3, 0.4) is 0 Å². The topological polar surface area (TPSA) is 28.2 Å². The van der Waals surface area contributed by atoms with E-state index in [0.717, 1.165) is 19.0 Å². The number of aryl methyl sites for hydroxylation is 1. The largest absolute Gasteiger partial charge is 0.348 e. The zero-order valence-corrected chi connectivity index (χ0v) is 14.6. The summed E-state index contributed by atoms with van der Waals surface area (Å²) in [5.41, 5.74) is 1.87. The van der Waals surface area contributed by atoms with Crippen LogP contribution in [0.15, 0.2) is 0 Å². The summed E-state index contributed by atoms with van der Waals surface area (Å²) in [5.74, 6) is 0. The maximum absolute atomic E-state index is 4.93. The zero-order valence-electron chi connectivity index (χ0n) is 13.7. The van der Waals surface area contributed by atoms with Crippen LogP contribution in [0, 0.1) is 5.41 Å². The SMILES string of the molecule is CCc1nc(N2CCC(C)(CC)CC2)sc1CNC1CC1. The van der Waals surface area contributed by atoms with Crippen molar-refractivity contribution in [1.29, 1.82) is 0 Å². The van der Waals surface area contributed by atoms with Gasteiger partial charge in [-0.3, -0.25) is 0 Å². The second-order valence-electron chi connectivity index (χ2n) is 7.03. The molecule has 0 aromatic carbocycles. The van der Waals surface area contributed by atoms with Gasteiger partial charge in [0.25, 0.3) is 0 Å². The summed E-state index contributed by atoms with van der Waals surface area (Å²) in [6.45, 7) is 10.4. The lowest BCUT2D eigenvalue weighted by atomic mass is 9.78. The average molecular weight is 308 g/mol. The van der Waals surface area contributed by atoms with Crippen molar-refractivity contribution in [3.8, 4) is 0 Å². The van der Waals surface area contributed by atoms with Gasteiger partial charge in [-0.05, 0) is 37.5 Å². The molecule has 1 N–H and O–H groups in total. The number of aromatic nitrogens is 1. The third kappa shape index (κ3) is 3.59. The third-order valence-electron chi connectivity index (χ3n) is 5.33. The first-order valence-electron chi connectivity index (χ1n) is 8.60. The third-order valence-corrected chi connectivity index (χ3v) is 6.48. The van der Waals surface area contributed by atoms with Crippen LogP contribution in [0.2, 0.25) is 0 Å². The maximum Gasteiger partial charge on any atom is 0.185 e. The van der Waals surface area contributed by atoms with Crippen LogP contribution in [0.5, 0.6) is 0 Å². The second kappa shape index (κ2) is 6.25. The number of rotatable bonds is 6. The molecule has 1 aliphatic heterocycles. The van der Waals surface area contributed by atoms with Gasteiger partial charge in [0, 0.05) is 30.6 Å². The molecule has 21 heavy (non-hydrogen) atoms. The van der Waals surface area contributed by atoms with Crippen molar-refractivity contribution in [1.82, 2.24) is 10.3 Å². The van der Waals surface area contributed by atoms with Gasteiger partial charge in [0.15, 0.2) is 5.13 Å². The average Bonchev–Trinajstić information content (AvgIpc) is 3.25. The number of anilines is 1. The minimum absolute atomic E-state index is 0.553. The van der Waals surface area contributed by atoms with Crippen LogP contribution in [0.25, 0.3) is 0 Å². The molecule has 2 fully saturated rings. The van der Waals surface area contributed by atoms with Gasteiger partial charge in [-0.2, -0.15) is 0 Å². The smallest absolute Gasteiger partial charge is 0.185 e. The summed E-state index contributed by atoms with van der Waals surface area (Å²) in [7, 11) is 0. The summed E-state index contributed by atoms with van der Waals surface area (Å²) < 4.78 is 0. The van der Waals surface area contributed by atoms with Crippen molar-refractivity contribution in [3.63, 3.8) is 0 Å². The van der Waals surface area contributed by atoms with E-state index in [-0.39, 0.29) is 0 Å². The molecule has 0 unspecified atom stereocenters. The molecule has 2 heterocycles. The lowest BCUT2D eigenvalue weighted by Gasteiger charge is -2.38. The Balaban J connectivity index is 1.64. The summed E-state index contributed by atoms with van der Waals surface area (Å²) in [5, 5.41) is 4.90. The van der Waals surface area contributed by atoms with Gasteiger partial charge >= 0.3 is 0 Å². The van der Waals surface area contributed by atoms with Crippen molar-refractivity contribution in [3.05, 3.63) is 10.6 Å². The Morgan fingerprint density at radius 1 is 1.29 bits per heavy atom. The van der Waals surface area contributed by atoms with Gasteiger partial charge in [-0.15, -0.1) is 11.3 Å². The minimum Gasteiger partial charge on any atom is -0.348 e. The van der Waals surface area contributed by atoms with Crippen molar-refractivity contribution in [2.24, 2.45) is 5.41 Å². The Labute approximate surface area is 133 Å². The first-order valence-corrected chi connectivity index (χ1v) is 9.42. The zero-order chi connectivity index (χ0) is 14.9. The molecular weight excluding hydrogens is 278 g/mol. The summed E-state index contributed by atoms with van der Waals surface area (Å²) in [6.07, 6.45) is 7.68. The van der Waals surface area contributed by atoms with Gasteiger partial charge in [0.05, 0.1) is 5.69 Å². The Morgan fingerprint density at radius 3 is 2.57 bits per heavy atom. The predicted octanol–water partition coefficient (Wildman–Crippen LogP) is 3.97. The highest BCUT2D eigenvalue weighted by molar-refractivity contribution is 7.15. The maximum atomic E-state index is 4.93. The quantitative estimate of drug-likeness (QED) is 0.862. The van der Waals surface area contributed by atoms with Crippen LogP contribution in [0.1, 0.15) is 63.4 Å². The molecule has 0 spiro atoms. The Kier molecular flexibility index (Phi) is 4.55. The highest BCUT2D eigenvalue weighted by atomic mass is 32.1. The second-order valence-corrected chi connectivity index (χ2v) is 8.09. The van der Waals surface area contributed by atoms with Crippen molar-refractivity contribution < 1.29 is 0 Å². The van der Waals surface area contributed by atoms with E-state index in [9.17, 15) is 0 Å². The Hall–Kier alpha value is -0.610. The number of hydrogen-bond acceptors (Lipinski definition) is 4. The summed E-state index contributed by atoms with van der Waals surface area (Å²) in [4.78, 5) is 8.91. The van der Waals surface area contributed by atoms with E-state index in [1.165, 1.54) is 60.9 Å². The van der Waals surface area contributed by atoms with E-state index in [2.05, 4.69) is 31.0 Å². The van der Waals surface area contributed by atoms with Crippen LogP contribution in [-0.4, -0.2) is 24.1 Å². The van der Waals surface area contributed by atoms with Crippen molar-refractivity contribution >= 4 is 16.5 Å². The summed E-state index contributed by atoms with van der Waals surface area (Å²) in [6, 6.07) is 0.778. The monoisotopic (exact) mass is 307 g/mol. The highest BCUT2D eigenvalue weighted by Crippen LogP contribution is 2.37. The molecule has 118 valence electrons. The standard InChI is InChI=1S/C17H29N3S/c1-4-14-15(12-18-13-6-7-13)21-16(19-14)20-10-8-17(3,5-2)9-11-20/h13,18H,4-12H2,1-3H3. The minimum atomic E-state index is 0.553. The van der Waals surface area contributed by atoms with Crippen LogP contribution < -0.4 is 10.2 Å². The molecule has 3 nitrogen and oxygen atoms in total. The van der Waals surface area contributed by atoms with Gasteiger partial charge < -0.3 is 10.2 Å². The molecule has 0 radical (unpaired) electrons. The van der Waals surface area contributed by atoms with Gasteiger partial charge in [0.2, 0.25) is 0 Å². The van der Waals surface area contributed by atoms with E-state index >= 15 is 0 Å². The lowest BCUT2D eigenvalue weighted by Crippen LogP contribution is -2.38. The highest BCUT2D eigenvalue weighted by Gasteiger charge is 2.30. The van der Waals surface area contributed by atoms with Gasteiger partial charge in [0.1, 0.15) is 0 Å². The molecule has 1 aliphatic carbocycles. The molecule has 1 saturated heterocycles. The molecule has 1 aromatic heterocycles. The lowest BCUT2D eigenvalue weighted by molar-refractivity contribution is 0.238. The van der Waals surface area contributed by atoms with E-state index in [0.29, 0.717) is 5.41 Å². The van der Waals surface area contributed by atoms with E-state index in [1.54, 1.807) is 0 Å². The molecule has 2 aliphatic rings. The fourth-order valence-corrected chi connectivity index (χ4v) is 4.19.